The fourth-order valence-electron chi connectivity index (χ4n) is 1.53. The fraction of sp³-hybridized carbons (Fsp3) is 0.333. The number of nitrogens with zero attached hydrogens (tertiary/aromatic N) is 2. The van der Waals surface area contributed by atoms with Crippen molar-refractivity contribution in [3.63, 3.8) is 0 Å². The number of benzene rings is 1. The Morgan fingerprint density at radius 2 is 1.22 bits per heavy atom. The van der Waals surface area contributed by atoms with Gasteiger partial charge in [-0.3, -0.25) is 9.59 Å². The second kappa shape index (κ2) is 5.90. The number of ether oxygens (including phenoxy) is 2. The summed E-state index contributed by atoms with van der Waals surface area (Å²) in [4.78, 5) is 24.4. The number of anilines is 2. The average Bonchev–Trinajstić information content (AvgIpc) is 2.43. The van der Waals surface area contributed by atoms with Crippen LogP contribution in [0.25, 0.3) is 0 Å². The number of hydrogen-bond donors (Lipinski definition) is 0. The minimum Gasteiger partial charge on any atom is -0.494 e. The Labute approximate surface area is 106 Å². The van der Waals surface area contributed by atoms with Crippen LogP contribution < -0.4 is 19.3 Å². The van der Waals surface area contributed by atoms with Gasteiger partial charge in [0.2, 0.25) is 12.8 Å². The van der Waals surface area contributed by atoms with E-state index in [4.69, 9.17) is 9.47 Å². The minimum atomic E-state index is 0.481. The summed E-state index contributed by atoms with van der Waals surface area (Å²) in [5, 5.41) is 0. The summed E-state index contributed by atoms with van der Waals surface area (Å²) in [5.41, 5.74) is 1.12. The molecule has 1 aromatic rings. The molecule has 0 fully saturated rings. The Morgan fingerprint density at radius 3 is 1.44 bits per heavy atom. The van der Waals surface area contributed by atoms with Crippen LogP contribution in [0.1, 0.15) is 0 Å². The van der Waals surface area contributed by atoms with Gasteiger partial charge in [0.1, 0.15) is 11.5 Å². The van der Waals surface area contributed by atoms with Gasteiger partial charge in [0.15, 0.2) is 0 Å². The van der Waals surface area contributed by atoms with Crippen LogP contribution in [0.4, 0.5) is 11.4 Å². The first-order valence-corrected chi connectivity index (χ1v) is 5.21. The molecule has 0 aromatic heterocycles. The summed E-state index contributed by atoms with van der Waals surface area (Å²) in [6.45, 7) is 0. The van der Waals surface area contributed by atoms with Crippen molar-refractivity contribution in [2.75, 3.05) is 38.1 Å². The van der Waals surface area contributed by atoms with E-state index in [2.05, 4.69) is 0 Å². The lowest BCUT2D eigenvalue weighted by atomic mass is 10.2. The van der Waals surface area contributed by atoms with E-state index in [1.54, 1.807) is 26.2 Å². The molecule has 98 valence electrons. The van der Waals surface area contributed by atoms with Crippen molar-refractivity contribution in [3.8, 4) is 11.5 Å². The lowest BCUT2D eigenvalue weighted by Crippen LogP contribution is -2.18. The number of carbonyl (C=O) groups is 2. The largest absolute Gasteiger partial charge is 0.494 e. The molecule has 0 saturated heterocycles. The first-order chi connectivity index (χ1) is 8.58. The third-order valence-corrected chi connectivity index (χ3v) is 2.56. The standard InChI is InChI=1S/C12H16N2O4/c1-13(7-15)9-5-12(18-4)10(14(2)8-16)6-11(9)17-3/h5-8H,1-4H3. The van der Waals surface area contributed by atoms with Crippen LogP contribution in [-0.2, 0) is 9.59 Å². The van der Waals surface area contributed by atoms with E-state index in [9.17, 15) is 9.59 Å². The number of methoxy groups -OCH3 is 2. The van der Waals surface area contributed by atoms with Crippen LogP contribution in [0.3, 0.4) is 0 Å². The molecule has 0 aliphatic carbocycles. The highest BCUT2D eigenvalue weighted by Crippen LogP contribution is 2.38. The highest BCUT2D eigenvalue weighted by atomic mass is 16.5. The van der Waals surface area contributed by atoms with Gasteiger partial charge in [-0.2, -0.15) is 0 Å². The normalized spacial score (nSPS) is 9.56. The smallest absolute Gasteiger partial charge is 0.213 e. The number of amides is 2. The van der Waals surface area contributed by atoms with Gasteiger partial charge in [0, 0.05) is 26.2 Å². The molecule has 0 aliphatic heterocycles. The zero-order valence-electron chi connectivity index (χ0n) is 10.8. The summed E-state index contributed by atoms with van der Waals surface area (Å²) >= 11 is 0. The lowest BCUT2D eigenvalue weighted by molar-refractivity contribution is -0.108. The van der Waals surface area contributed by atoms with Crippen molar-refractivity contribution in [2.24, 2.45) is 0 Å². The first kappa shape index (κ1) is 13.8. The van der Waals surface area contributed by atoms with Crippen molar-refractivity contribution in [3.05, 3.63) is 12.1 Å². The Bertz CT molecular complexity index is 406. The highest BCUT2D eigenvalue weighted by Gasteiger charge is 2.16. The Kier molecular flexibility index (Phi) is 4.53. The number of hydrogen-bond acceptors (Lipinski definition) is 4. The molecule has 0 N–H and O–H groups in total. The maximum atomic E-state index is 10.8. The predicted octanol–water partition coefficient (Wildman–Crippen LogP) is 0.889. The summed E-state index contributed by atoms with van der Waals surface area (Å²) in [7, 11) is 6.20. The zero-order valence-corrected chi connectivity index (χ0v) is 10.8. The first-order valence-electron chi connectivity index (χ1n) is 5.21. The van der Waals surface area contributed by atoms with Crippen molar-refractivity contribution in [1.29, 1.82) is 0 Å². The third-order valence-electron chi connectivity index (χ3n) is 2.56. The zero-order chi connectivity index (χ0) is 13.7. The molecule has 18 heavy (non-hydrogen) atoms. The molecule has 0 spiro atoms. The van der Waals surface area contributed by atoms with E-state index in [0.29, 0.717) is 35.7 Å². The van der Waals surface area contributed by atoms with Crippen molar-refractivity contribution in [2.45, 2.75) is 0 Å². The number of carbonyl (C=O) groups excluding carboxylic acids is 2. The number of rotatable bonds is 6. The maximum Gasteiger partial charge on any atom is 0.213 e. The molecule has 1 aromatic carbocycles. The SMILES string of the molecule is COc1cc(N(C)C=O)c(OC)cc1N(C)C=O. The van der Waals surface area contributed by atoms with Crippen LogP contribution >= 0.6 is 0 Å². The van der Waals surface area contributed by atoms with Gasteiger partial charge in [-0.25, -0.2) is 0 Å². The maximum absolute atomic E-state index is 10.8. The molecule has 0 unspecified atom stereocenters. The predicted molar refractivity (Wildman–Crippen MR) is 68.5 cm³/mol. The quantitative estimate of drug-likeness (QED) is 0.705. The van der Waals surface area contributed by atoms with Crippen molar-refractivity contribution >= 4 is 24.2 Å². The Balaban J connectivity index is 3.40. The summed E-state index contributed by atoms with van der Waals surface area (Å²) in [6, 6.07) is 3.28. The van der Waals surface area contributed by atoms with E-state index < -0.39 is 0 Å². The van der Waals surface area contributed by atoms with Crippen LogP contribution in [0, 0.1) is 0 Å². The van der Waals surface area contributed by atoms with Gasteiger partial charge < -0.3 is 19.3 Å². The molecular weight excluding hydrogens is 236 g/mol. The van der Waals surface area contributed by atoms with E-state index in [1.807, 2.05) is 0 Å². The van der Waals surface area contributed by atoms with Gasteiger partial charge >= 0.3 is 0 Å². The molecular formula is C12H16N2O4. The topological polar surface area (TPSA) is 59.1 Å². The molecule has 6 heteroatoms. The second-order valence-corrected chi connectivity index (χ2v) is 3.63. The summed E-state index contributed by atoms with van der Waals surface area (Å²) in [5.74, 6) is 0.961. The highest BCUT2D eigenvalue weighted by molar-refractivity contribution is 5.86. The van der Waals surface area contributed by atoms with Gasteiger partial charge in [0.25, 0.3) is 0 Å². The molecule has 0 saturated carbocycles. The van der Waals surface area contributed by atoms with E-state index >= 15 is 0 Å². The van der Waals surface area contributed by atoms with Gasteiger partial charge in [-0.05, 0) is 0 Å². The molecule has 2 amide bonds. The molecule has 0 atom stereocenters. The molecule has 0 heterocycles. The lowest BCUT2D eigenvalue weighted by Gasteiger charge is -2.21. The summed E-state index contributed by atoms with van der Waals surface area (Å²) < 4.78 is 10.4. The fourth-order valence-corrected chi connectivity index (χ4v) is 1.53. The Hall–Kier alpha value is -2.24. The van der Waals surface area contributed by atoms with E-state index in [0.717, 1.165) is 0 Å². The van der Waals surface area contributed by atoms with E-state index in [1.165, 1.54) is 24.0 Å². The second-order valence-electron chi connectivity index (χ2n) is 3.63. The van der Waals surface area contributed by atoms with Crippen LogP contribution in [0.5, 0.6) is 11.5 Å². The van der Waals surface area contributed by atoms with Gasteiger partial charge in [-0.15, -0.1) is 0 Å². The van der Waals surface area contributed by atoms with Crippen LogP contribution in [0.2, 0.25) is 0 Å². The van der Waals surface area contributed by atoms with Crippen LogP contribution in [-0.4, -0.2) is 41.1 Å². The third kappa shape index (κ3) is 2.53. The molecule has 6 nitrogen and oxygen atoms in total. The monoisotopic (exact) mass is 252 g/mol. The van der Waals surface area contributed by atoms with Crippen LogP contribution in [0.15, 0.2) is 12.1 Å². The minimum absolute atomic E-state index is 0.481. The molecule has 0 radical (unpaired) electrons. The molecule has 1 rings (SSSR count). The van der Waals surface area contributed by atoms with Gasteiger partial charge in [0.05, 0.1) is 25.6 Å². The Morgan fingerprint density at radius 1 is 0.889 bits per heavy atom. The molecule has 0 aliphatic rings. The van der Waals surface area contributed by atoms with Gasteiger partial charge in [-0.1, -0.05) is 0 Å². The van der Waals surface area contributed by atoms with Crippen molar-refractivity contribution in [1.82, 2.24) is 0 Å². The summed E-state index contributed by atoms with van der Waals surface area (Å²) in [6.07, 6.45) is 1.33. The molecule has 0 bridgehead atoms. The van der Waals surface area contributed by atoms with Crippen molar-refractivity contribution < 1.29 is 19.1 Å². The van der Waals surface area contributed by atoms with E-state index in [-0.39, 0.29) is 0 Å². The average molecular weight is 252 g/mol.